The van der Waals surface area contributed by atoms with Crippen LogP contribution in [0.1, 0.15) is 10.4 Å². The number of nitrogens with zero attached hydrogens (tertiary/aromatic N) is 4. The summed E-state index contributed by atoms with van der Waals surface area (Å²) in [5.74, 6) is 0.450. The van der Waals surface area contributed by atoms with E-state index in [2.05, 4.69) is 15.1 Å². The minimum Gasteiger partial charge on any atom is -0.351 e. The maximum atomic E-state index is 13.0. The van der Waals surface area contributed by atoms with E-state index in [1.807, 2.05) is 24.3 Å². The van der Waals surface area contributed by atoms with Crippen LogP contribution in [0.5, 0.6) is 0 Å². The Balaban J connectivity index is 1.49. The number of fused-ring (bicyclic) bond motifs is 1. The lowest BCUT2D eigenvalue weighted by Crippen LogP contribution is -2.49. The molecule has 4 rings (SSSR count). The maximum Gasteiger partial charge on any atom is 0.253 e. The summed E-state index contributed by atoms with van der Waals surface area (Å²) in [6, 6.07) is 13.7. The van der Waals surface area contributed by atoms with Crippen molar-refractivity contribution in [2.24, 2.45) is 0 Å². The number of halogens is 1. The summed E-state index contributed by atoms with van der Waals surface area (Å²) in [5.41, 5.74) is 0.514. The lowest BCUT2D eigenvalue weighted by molar-refractivity contribution is 0.0746. The van der Waals surface area contributed by atoms with Gasteiger partial charge in [-0.15, -0.1) is 5.10 Å². The molecule has 6 heteroatoms. The second kappa shape index (κ2) is 6.47. The molecule has 2 heterocycles. The molecule has 0 radical (unpaired) electrons. The number of rotatable bonds is 2. The van der Waals surface area contributed by atoms with Crippen molar-refractivity contribution in [2.75, 3.05) is 31.1 Å². The highest BCUT2D eigenvalue weighted by Crippen LogP contribution is 2.24. The van der Waals surface area contributed by atoms with Crippen molar-refractivity contribution in [3.8, 4) is 0 Å². The molecular weight excluding hydrogens is 319 g/mol. The number of hydrogen-bond donors (Lipinski definition) is 0. The predicted octanol–water partition coefficient (Wildman–Crippen LogP) is 2.73. The Morgan fingerprint density at radius 2 is 1.68 bits per heavy atom. The van der Waals surface area contributed by atoms with Gasteiger partial charge in [-0.05, 0) is 24.3 Å². The zero-order valence-electron chi connectivity index (χ0n) is 13.6. The van der Waals surface area contributed by atoms with Crippen LogP contribution in [0.15, 0.2) is 54.7 Å². The van der Waals surface area contributed by atoms with E-state index in [9.17, 15) is 9.18 Å². The van der Waals surface area contributed by atoms with Gasteiger partial charge in [-0.1, -0.05) is 24.3 Å². The largest absolute Gasteiger partial charge is 0.351 e. The number of hydrogen-bond acceptors (Lipinski definition) is 4. The van der Waals surface area contributed by atoms with Crippen LogP contribution in [0.25, 0.3) is 10.8 Å². The van der Waals surface area contributed by atoms with Crippen LogP contribution in [0.2, 0.25) is 0 Å². The van der Waals surface area contributed by atoms with Gasteiger partial charge in [0.1, 0.15) is 5.82 Å². The van der Waals surface area contributed by atoms with Crippen molar-refractivity contribution in [3.63, 3.8) is 0 Å². The molecule has 1 aliphatic rings. The molecule has 5 nitrogen and oxygen atoms in total. The fourth-order valence-corrected chi connectivity index (χ4v) is 3.14. The molecule has 1 amide bonds. The SMILES string of the molecule is O=C(c1ccc(F)cc1)N1CCN(c2nncc3ccccc23)CC1. The second-order valence-electron chi connectivity index (χ2n) is 6.04. The smallest absolute Gasteiger partial charge is 0.253 e. The highest BCUT2D eigenvalue weighted by molar-refractivity contribution is 5.94. The Hall–Kier alpha value is -3.02. The summed E-state index contributed by atoms with van der Waals surface area (Å²) in [7, 11) is 0. The van der Waals surface area contributed by atoms with Gasteiger partial charge in [0.2, 0.25) is 0 Å². The molecule has 0 atom stereocenters. The number of piperazine rings is 1. The lowest BCUT2D eigenvalue weighted by Gasteiger charge is -2.35. The molecule has 2 aromatic carbocycles. The standard InChI is InChI=1S/C19H17FN4O/c20-16-7-5-14(6-8-16)19(25)24-11-9-23(10-12-24)18-17-4-2-1-3-15(17)13-21-22-18/h1-8,13H,9-12H2. The fourth-order valence-electron chi connectivity index (χ4n) is 3.14. The number of aromatic nitrogens is 2. The average Bonchev–Trinajstić information content (AvgIpc) is 2.68. The normalized spacial score (nSPS) is 14.8. The fraction of sp³-hybridized carbons (Fsp3) is 0.211. The summed E-state index contributed by atoms with van der Waals surface area (Å²) in [6.07, 6.45) is 1.76. The molecule has 3 aromatic rings. The van der Waals surface area contributed by atoms with E-state index in [1.165, 1.54) is 24.3 Å². The minimum absolute atomic E-state index is 0.0661. The van der Waals surface area contributed by atoms with Crippen LogP contribution < -0.4 is 4.90 Å². The third-order valence-electron chi connectivity index (χ3n) is 4.51. The summed E-state index contributed by atoms with van der Waals surface area (Å²) in [5, 5.41) is 10.5. The van der Waals surface area contributed by atoms with Crippen molar-refractivity contribution in [2.45, 2.75) is 0 Å². The summed E-state index contributed by atoms with van der Waals surface area (Å²) < 4.78 is 13.0. The molecule has 0 unspecified atom stereocenters. The van der Waals surface area contributed by atoms with Crippen molar-refractivity contribution in [1.29, 1.82) is 0 Å². The third kappa shape index (κ3) is 3.03. The second-order valence-corrected chi connectivity index (χ2v) is 6.04. The topological polar surface area (TPSA) is 49.3 Å². The summed E-state index contributed by atoms with van der Waals surface area (Å²) in [4.78, 5) is 16.5. The zero-order valence-corrected chi connectivity index (χ0v) is 13.6. The van der Waals surface area contributed by atoms with E-state index in [4.69, 9.17) is 0 Å². The Kier molecular flexibility index (Phi) is 4.01. The summed E-state index contributed by atoms with van der Waals surface area (Å²) in [6.45, 7) is 2.58. The first-order valence-corrected chi connectivity index (χ1v) is 8.22. The van der Waals surface area contributed by atoms with E-state index in [0.717, 1.165) is 16.6 Å². The van der Waals surface area contributed by atoms with Gasteiger partial charge in [0, 0.05) is 42.5 Å². The average molecular weight is 336 g/mol. The molecule has 1 aromatic heterocycles. The van der Waals surface area contributed by atoms with Crippen molar-refractivity contribution in [1.82, 2.24) is 15.1 Å². The quantitative estimate of drug-likeness (QED) is 0.722. The Morgan fingerprint density at radius 3 is 2.44 bits per heavy atom. The van der Waals surface area contributed by atoms with Gasteiger partial charge in [0.25, 0.3) is 5.91 Å². The van der Waals surface area contributed by atoms with E-state index >= 15 is 0 Å². The number of carbonyl (C=O) groups is 1. The van der Waals surface area contributed by atoms with Gasteiger partial charge >= 0.3 is 0 Å². The molecule has 0 aliphatic carbocycles. The molecular formula is C19H17FN4O. The summed E-state index contributed by atoms with van der Waals surface area (Å²) >= 11 is 0. The van der Waals surface area contributed by atoms with Crippen molar-refractivity contribution < 1.29 is 9.18 Å². The number of carbonyl (C=O) groups excluding carboxylic acids is 1. The first-order chi connectivity index (χ1) is 12.2. The first kappa shape index (κ1) is 15.5. The molecule has 1 saturated heterocycles. The zero-order chi connectivity index (χ0) is 17.2. The Bertz CT molecular complexity index is 899. The first-order valence-electron chi connectivity index (χ1n) is 8.22. The molecule has 25 heavy (non-hydrogen) atoms. The number of amides is 1. The molecule has 0 spiro atoms. The monoisotopic (exact) mass is 336 g/mol. The molecule has 1 aliphatic heterocycles. The maximum absolute atomic E-state index is 13.0. The number of anilines is 1. The van der Waals surface area contributed by atoms with Crippen molar-refractivity contribution in [3.05, 3.63) is 66.1 Å². The van der Waals surface area contributed by atoms with E-state index in [1.54, 1.807) is 11.1 Å². The van der Waals surface area contributed by atoms with Crippen LogP contribution in [0, 0.1) is 5.82 Å². The molecule has 0 N–H and O–H groups in total. The lowest BCUT2D eigenvalue weighted by atomic mass is 10.1. The molecule has 126 valence electrons. The van der Waals surface area contributed by atoms with Crippen LogP contribution in [-0.2, 0) is 0 Å². The van der Waals surface area contributed by atoms with Gasteiger partial charge in [-0.2, -0.15) is 5.10 Å². The minimum atomic E-state index is -0.337. The van der Waals surface area contributed by atoms with Gasteiger partial charge in [-0.3, -0.25) is 4.79 Å². The van der Waals surface area contributed by atoms with Gasteiger partial charge in [-0.25, -0.2) is 4.39 Å². The van der Waals surface area contributed by atoms with Crippen LogP contribution in [-0.4, -0.2) is 47.2 Å². The van der Waals surface area contributed by atoms with Crippen molar-refractivity contribution >= 4 is 22.5 Å². The molecule has 0 bridgehead atoms. The van der Waals surface area contributed by atoms with Gasteiger partial charge in [0.05, 0.1) is 6.20 Å². The Labute approximate surface area is 144 Å². The van der Waals surface area contributed by atoms with E-state index in [-0.39, 0.29) is 11.7 Å². The van der Waals surface area contributed by atoms with Crippen LogP contribution in [0.4, 0.5) is 10.2 Å². The third-order valence-corrected chi connectivity index (χ3v) is 4.51. The molecule has 1 fully saturated rings. The van der Waals surface area contributed by atoms with E-state index < -0.39 is 0 Å². The highest BCUT2D eigenvalue weighted by Gasteiger charge is 2.24. The number of benzene rings is 2. The Morgan fingerprint density at radius 1 is 0.960 bits per heavy atom. The highest BCUT2D eigenvalue weighted by atomic mass is 19.1. The van der Waals surface area contributed by atoms with Gasteiger partial charge < -0.3 is 9.80 Å². The molecule has 0 saturated carbocycles. The van der Waals surface area contributed by atoms with Crippen LogP contribution in [0.3, 0.4) is 0 Å². The van der Waals surface area contributed by atoms with Gasteiger partial charge in [0.15, 0.2) is 5.82 Å². The van der Waals surface area contributed by atoms with Crippen LogP contribution >= 0.6 is 0 Å². The predicted molar refractivity (Wildman–Crippen MR) is 94.1 cm³/mol. The van der Waals surface area contributed by atoms with E-state index in [0.29, 0.717) is 31.7 Å².